The van der Waals surface area contributed by atoms with Gasteiger partial charge in [0.05, 0.1) is 22.2 Å². The zero-order chi connectivity index (χ0) is 25.1. The van der Waals surface area contributed by atoms with Gasteiger partial charge in [0.2, 0.25) is 0 Å². The molecule has 0 fully saturated rings. The van der Waals surface area contributed by atoms with Crippen LogP contribution >= 0.6 is 34.5 Å². The van der Waals surface area contributed by atoms with Gasteiger partial charge in [0, 0.05) is 16.5 Å². The van der Waals surface area contributed by atoms with Crippen LogP contribution in [0.5, 0.6) is 0 Å². The second-order valence-corrected chi connectivity index (χ2v) is 10.2. The summed E-state index contributed by atoms with van der Waals surface area (Å²) in [5, 5.41) is 13.6. The van der Waals surface area contributed by atoms with Gasteiger partial charge in [0.15, 0.2) is 0 Å². The van der Waals surface area contributed by atoms with Gasteiger partial charge in [0.25, 0.3) is 5.91 Å². The van der Waals surface area contributed by atoms with Crippen LogP contribution in [0, 0.1) is 17.2 Å². The quantitative estimate of drug-likeness (QED) is 0.208. The predicted octanol–water partition coefficient (Wildman–Crippen LogP) is 7.16. The monoisotopic (exact) mass is 528 g/mol. The third-order valence-electron chi connectivity index (χ3n) is 5.70. The van der Waals surface area contributed by atoms with Gasteiger partial charge in [-0.15, -0.1) is 11.3 Å². The molecule has 0 radical (unpaired) electrons. The number of nitrogens with one attached hydrogen (secondary N) is 1. The van der Waals surface area contributed by atoms with E-state index >= 15 is 0 Å². The van der Waals surface area contributed by atoms with Gasteiger partial charge in [-0.2, -0.15) is 5.26 Å². The van der Waals surface area contributed by atoms with E-state index in [9.17, 15) is 14.9 Å². The SMILES string of the molecule is CCOC(=O)c1c(NC(=O)/C(C#N)=C/c2ccc(-c3ccc(Cl)c(Cl)c3)o2)sc2c1CC[C@H](C)C2. The van der Waals surface area contributed by atoms with E-state index in [1.807, 2.05) is 6.07 Å². The van der Waals surface area contributed by atoms with Gasteiger partial charge in [0.1, 0.15) is 28.2 Å². The number of ether oxygens (including phenoxy) is 1. The molecule has 3 aromatic rings. The van der Waals surface area contributed by atoms with Crippen LogP contribution < -0.4 is 5.32 Å². The lowest BCUT2D eigenvalue weighted by atomic mass is 9.88. The minimum atomic E-state index is -0.628. The maximum Gasteiger partial charge on any atom is 0.341 e. The lowest BCUT2D eigenvalue weighted by Gasteiger charge is -2.18. The molecule has 0 spiro atoms. The number of esters is 1. The van der Waals surface area contributed by atoms with Gasteiger partial charge in [-0.05, 0) is 68.0 Å². The van der Waals surface area contributed by atoms with Crippen LogP contribution in [-0.2, 0) is 22.4 Å². The lowest BCUT2D eigenvalue weighted by molar-refractivity contribution is -0.112. The summed E-state index contributed by atoms with van der Waals surface area (Å²) >= 11 is 13.4. The smallest absolute Gasteiger partial charge is 0.341 e. The third kappa shape index (κ3) is 5.46. The van der Waals surface area contributed by atoms with Crippen LogP contribution in [0.3, 0.4) is 0 Å². The molecule has 0 bridgehead atoms. The van der Waals surface area contributed by atoms with Gasteiger partial charge >= 0.3 is 5.97 Å². The van der Waals surface area contributed by atoms with E-state index in [0.29, 0.717) is 43.6 Å². The van der Waals surface area contributed by atoms with E-state index in [4.69, 9.17) is 32.4 Å². The first-order chi connectivity index (χ1) is 16.8. The van der Waals surface area contributed by atoms with Crippen molar-refractivity contribution in [3.05, 3.63) is 67.7 Å². The van der Waals surface area contributed by atoms with Crippen LogP contribution in [0.25, 0.3) is 17.4 Å². The number of hydrogen-bond acceptors (Lipinski definition) is 6. The number of nitriles is 1. The Bertz CT molecular complexity index is 1370. The Morgan fingerprint density at radius 3 is 2.80 bits per heavy atom. The Morgan fingerprint density at radius 1 is 1.29 bits per heavy atom. The zero-order valence-electron chi connectivity index (χ0n) is 19.1. The van der Waals surface area contributed by atoms with Crippen molar-refractivity contribution in [2.24, 2.45) is 5.92 Å². The number of carbonyl (C=O) groups is 2. The van der Waals surface area contributed by atoms with Crippen molar-refractivity contribution in [2.75, 3.05) is 11.9 Å². The number of carbonyl (C=O) groups excluding carboxylic acids is 2. The number of hydrogen-bond donors (Lipinski definition) is 1. The molecule has 1 aliphatic rings. The van der Waals surface area contributed by atoms with Gasteiger partial charge in [-0.1, -0.05) is 30.1 Å². The summed E-state index contributed by atoms with van der Waals surface area (Å²) in [6.45, 7) is 4.14. The van der Waals surface area contributed by atoms with Crippen molar-refractivity contribution in [2.45, 2.75) is 33.1 Å². The third-order valence-corrected chi connectivity index (χ3v) is 7.61. The van der Waals surface area contributed by atoms with Crippen LogP contribution in [0.4, 0.5) is 5.00 Å². The van der Waals surface area contributed by atoms with Gasteiger partial charge in [-0.3, -0.25) is 4.79 Å². The largest absolute Gasteiger partial charge is 0.462 e. The van der Waals surface area contributed by atoms with Crippen LogP contribution in [-0.4, -0.2) is 18.5 Å². The number of nitrogens with zero attached hydrogens (tertiary/aromatic N) is 1. The molecule has 0 saturated heterocycles. The fraction of sp³-hybridized carbons (Fsp3) is 0.269. The maximum absolute atomic E-state index is 13.0. The number of amides is 1. The standard InChI is InChI=1S/C26H22Cl2N2O4S/c1-3-33-26(32)23-18-7-4-14(2)10-22(18)35-25(23)30-24(31)16(13-29)11-17-6-9-21(34-17)15-5-8-19(27)20(28)12-15/h5-6,8-9,11-12,14H,3-4,7,10H2,1-2H3,(H,30,31)/b16-11+/t14-/m0/s1. The molecule has 1 atom stereocenters. The first-order valence-corrected chi connectivity index (χ1v) is 12.7. The summed E-state index contributed by atoms with van der Waals surface area (Å²) in [4.78, 5) is 26.8. The molecule has 180 valence electrons. The summed E-state index contributed by atoms with van der Waals surface area (Å²) in [7, 11) is 0. The summed E-state index contributed by atoms with van der Waals surface area (Å²) in [6.07, 6.45) is 3.91. The van der Waals surface area contributed by atoms with Crippen molar-refractivity contribution in [1.82, 2.24) is 0 Å². The minimum Gasteiger partial charge on any atom is -0.462 e. The maximum atomic E-state index is 13.0. The van der Waals surface area contributed by atoms with E-state index in [-0.39, 0.29) is 12.2 Å². The summed E-state index contributed by atoms with van der Waals surface area (Å²) in [5.41, 5.74) is 1.88. The van der Waals surface area contributed by atoms with Gasteiger partial charge in [-0.25, -0.2) is 4.79 Å². The van der Waals surface area contributed by atoms with E-state index in [0.717, 1.165) is 29.7 Å². The Hall–Kier alpha value is -3.05. The topological polar surface area (TPSA) is 92.3 Å². The molecule has 2 heterocycles. The molecule has 0 saturated carbocycles. The highest BCUT2D eigenvalue weighted by molar-refractivity contribution is 7.17. The number of benzene rings is 1. The number of furan rings is 1. The molecule has 1 amide bonds. The fourth-order valence-electron chi connectivity index (χ4n) is 3.95. The molecule has 0 unspecified atom stereocenters. The normalized spacial score (nSPS) is 15.3. The zero-order valence-corrected chi connectivity index (χ0v) is 21.4. The highest BCUT2D eigenvalue weighted by Crippen LogP contribution is 2.40. The molecule has 0 aliphatic heterocycles. The van der Waals surface area contributed by atoms with E-state index in [2.05, 4.69) is 12.2 Å². The van der Waals surface area contributed by atoms with Crippen LogP contribution in [0.2, 0.25) is 10.0 Å². The summed E-state index contributed by atoms with van der Waals surface area (Å²) in [5.74, 6) is 0.240. The molecule has 2 aromatic heterocycles. The molecular formula is C26H22Cl2N2O4S. The lowest BCUT2D eigenvalue weighted by Crippen LogP contribution is -2.17. The van der Waals surface area contributed by atoms with Crippen molar-refractivity contribution >= 4 is 57.5 Å². The molecule has 4 rings (SSSR count). The minimum absolute atomic E-state index is 0.158. The Labute approximate surface area is 217 Å². The highest BCUT2D eigenvalue weighted by atomic mass is 35.5. The molecule has 6 nitrogen and oxygen atoms in total. The Kier molecular flexibility index (Phi) is 7.66. The highest BCUT2D eigenvalue weighted by Gasteiger charge is 2.29. The van der Waals surface area contributed by atoms with Crippen molar-refractivity contribution in [3.63, 3.8) is 0 Å². The second kappa shape index (κ2) is 10.7. The average molecular weight is 529 g/mol. The van der Waals surface area contributed by atoms with E-state index in [1.165, 1.54) is 17.4 Å². The molecule has 1 N–H and O–H groups in total. The van der Waals surface area contributed by atoms with Crippen molar-refractivity contribution in [3.8, 4) is 17.4 Å². The number of fused-ring (bicyclic) bond motifs is 1. The van der Waals surface area contributed by atoms with Crippen molar-refractivity contribution < 1.29 is 18.7 Å². The average Bonchev–Trinajstić information content (AvgIpc) is 3.43. The second-order valence-electron chi connectivity index (χ2n) is 8.23. The number of rotatable bonds is 6. The summed E-state index contributed by atoms with van der Waals surface area (Å²) < 4.78 is 11.0. The van der Waals surface area contributed by atoms with Crippen LogP contribution in [0.15, 0.2) is 40.3 Å². The molecule has 1 aliphatic carbocycles. The molecular weight excluding hydrogens is 507 g/mol. The number of anilines is 1. The van der Waals surface area contributed by atoms with Crippen molar-refractivity contribution in [1.29, 1.82) is 5.26 Å². The molecule has 9 heteroatoms. The molecule has 1 aromatic carbocycles. The Balaban J connectivity index is 1.60. The van der Waals surface area contributed by atoms with Crippen LogP contribution in [0.1, 0.15) is 46.8 Å². The first-order valence-electron chi connectivity index (χ1n) is 11.1. The van der Waals surface area contributed by atoms with E-state index in [1.54, 1.807) is 37.3 Å². The van der Waals surface area contributed by atoms with E-state index < -0.39 is 11.9 Å². The molecule has 35 heavy (non-hydrogen) atoms. The number of halogens is 2. The first kappa shape index (κ1) is 25.1. The number of thiophene rings is 1. The van der Waals surface area contributed by atoms with Gasteiger partial charge < -0.3 is 14.5 Å². The summed E-state index contributed by atoms with van der Waals surface area (Å²) in [6, 6.07) is 10.4. The fourth-order valence-corrected chi connectivity index (χ4v) is 5.65. The Morgan fingerprint density at radius 2 is 2.09 bits per heavy atom. The predicted molar refractivity (Wildman–Crippen MR) is 138 cm³/mol.